The van der Waals surface area contributed by atoms with Gasteiger partial charge in [-0.1, -0.05) is 13.8 Å². The molecule has 0 radical (unpaired) electrons. The summed E-state index contributed by atoms with van der Waals surface area (Å²) >= 11 is 0. The lowest BCUT2D eigenvalue weighted by Crippen LogP contribution is -2.38. The lowest BCUT2D eigenvalue weighted by Gasteiger charge is -2.24. The molecule has 7 nitrogen and oxygen atoms in total. The SMILES string of the molecule is COc1cc(N(CCNC(=O)C(C)C)C(C)=O)cc(OC)c1OC. The number of methoxy groups -OCH3 is 3. The highest BCUT2D eigenvalue weighted by Crippen LogP contribution is 2.41. The Bertz CT molecular complexity index is 561. The molecule has 0 aliphatic rings. The van der Waals surface area contributed by atoms with Gasteiger partial charge in [-0.3, -0.25) is 9.59 Å². The molecule has 0 saturated carbocycles. The van der Waals surface area contributed by atoms with E-state index in [9.17, 15) is 9.59 Å². The lowest BCUT2D eigenvalue weighted by molar-refractivity contribution is -0.124. The van der Waals surface area contributed by atoms with E-state index in [1.807, 2.05) is 13.8 Å². The summed E-state index contributed by atoms with van der Waals surface area (Å²) in [5.41, 5.74) is 0.607. The molecular weight excluding hydrogens is 312 g/mol. The molecule has 1 N–H and O–H groups in total. The Balaban J connectivity index is 3.04. The predicted molar refractivity (Wildman–Crippen MR) is 92.0 cm³/mol. The van der Waals surface area contributed by atoms with Gasteiger partial charge in [-0.15, -0.1) is 0 Å². The van der Waals surface area contributed by atoms with Gasteiger partial charge >= 0.3 is 0 Å². The largest absolute Gasteiger partial charge is 0.493 e. The average Bonchev–Trinajstić information content (AvgIpc) is 2.56. The van der Waals surface area contributed by atoms with Gasteiger partial charge in [0.25, 0.3) is 0 Å². The molecule has 2 amide bonds. The van der Waals surface area contributed by atoms with Crippen molar-refractivity contribution in [2.75, 3.05) is 39.3 Å². The number of nitrogens with one attached hydrogen (secondary N) is 1. The Morgan fingerprint density at radius 1 is 1.08 bits per heavy atom. The maximum atomic E-state index is 12.0. The van der Waals surface area contributed by atoms with Crippen LogP contribution in [0.5, 0.6) is 17.2 Å². The van der Waals surface area contributed by atoms with E-state index in [2.05, 4.69) is 5.32 Å². The number of hydrogen-bond donors (Lipinski definition) is 1. The number of carbonyl (C=O) groups is 2. The first-order valence-electron chi connectivity index (χ1n) is 7.71. The minimum absolute atomic E-state index is 0.0524. The smallest absolute Gasteiger partial charge is 0.223 e. The number of benzene rings is 1. The molecule has 0 aromatic heterocycles. The zero-order valence-corrected chi connectivity index (χ0v) is 15.1. The number of carbonyl (C=O) groups excluding carboxylic acids is 2. The van der Waals surface area contributed by atoms with Crippen molar-refractivity contribution < 1.29 is 23.8 Å². The Kier molecular flexibility index (Phi) is 7.35. The van der Waals surface area contributed by atoms with Crippen LogP contribution in [0.4, 0.5) is 5.69 Å². The van der Waals surface area contributed by atoms with Crippen molar-refractivity contribution >= 4 is 17.5 Å². The van der Waals surface area contributed by atoms with E-state index < -0.39 is 0 Å². The van der Waals surface area contributed by atoms with Crippen LogP contribution in [-0.2, 0) is 9.59 Å². The Hall–Kier alpha value is -2.44. The number of hydrogen-bond acceptors (Lipinski definition) is 5. The molecular formula is C17H26N2O5. The zero-order chi connectivity index (χ0) is 18.3. The summed E-state index contributed by atoms with van der Waals surface area (Å²) in [6, 6.07) is 3.40. The maximum Gasteiger partial charge on any atom is 0.223 e. The van der Waals surface area contributed by atoms with Crippen LogP contribution in [0.15, 0.2) is 12.1 Å². The fourth-order valence-electron chi connectivity index (χ4n) is 2.19. The molecule has 7 heteroatoms. The predicted octanol–water partition coefficient (Wildman–Crippen LogP) is 1.84. The van der Waals surface area contributed by atoms with Gasteiger partial charge in [0.2, 0.25) is 17.6 Å². The van der Waals surface area contributed by atoms with Crippen molar-refractivity contribution in [2.45, 2.75) is 20.8 Å². The Morgan fingerprint density at radius 2 is 1.62 bits per heavy atom. The normalized spacial score (nSPS) is 10.3. The standard InChI is InChI=1S/C17H26N2O5/c1-11(2)17(21)18-7-8-19(12(3)20)13-9-14(22-4)16(24-6)15(10-13)23-5/h9-11H,7-8H2,1-6H3,(H,18,21). The maximum absolute atomic E-state index is 12.0. The van der Waals surface area contributed by atoms with Crippen LogP contribution >= 0.6 is 0 Å². The van der Waals surface area contributed by atoms with Gasteiger partial charge in [-0.2, -0.15) is 0 Å². The van der Waals surface area contributed by atoms with Gasteiger partial charge in [0.15, 0.2) is 11.5 Å². The number of anilines is 1. The topological polar surface area (TPSA) is 77.1 Å². The van der Waals surface area contributed by atoms with Crippen LogP contribution in [-0.4, -0.2) is 46.2 Å². The monoisotopic (exact) mass is 338 g/mol. The van der Waals surface area contributed by atoms with Crippen molar-refractivity contribution in [1.29, 1.82) is 0 Å². The third-order valence-electron chi connectivity index (χ3n) is 3.50. The molecule has 0 heterocycles. The third-order valence-corrected chi connectivity index (χ3v) is 3.50. The third kappa shape index (κ3) is 4.78. The van der Waals surface area contributed by atoms with Crippen LogP contribution in [0.3, 0.4) is 0 Å². The summed E-state index contributed by atoms with van der Waals surface area (Å²) in [4.78, 5) is 25.2. The molecule has 1 rings (SSSR count). The van der Waals surface area contributed by atoms with Crippen molar-refractivity contribution in [3.63, 3.8) is 0 Å². The van der Waals surface area contributed by atoms with E-state index in [0.29, 0.717) is 36.0 Å². The number of amides is 2. The number of rotatable bonds is 8. The van der Waals surface area contributed by atoms with E-state index in [-0.39, 0.29) is 17.7 Å². The second-order valence-corrected chi connectivity index (χ2v) is 5.50. The second-order valence-electron chi connectivity index (χ2n) is 5.50. The summed E-state index contributed by atoms with van der Waals surface area (Å²) < 4.78 is 15.9. The lowest BCUT2D eigenvalue weighted by atomic mass is 10.2. The van der Waals surface area contributed by atoms with Crippen LogP contribution in [0.25, 0.3) is 0 Å². The van der Waals surface area contributed by atoms with Crippen LogP contribution in [0.2, 0.25) is 0 Å². The number of nitrogens with zero attached hydrogens (tertiary/aromatic N) is 1. The molecule has 0 unspecified atom stereocenters. The fourth-order valence-corrected chi connectivity index (χ4v) is 2.19. The average molecular weight is 338 g/mol. The summed E-state index contributed by atoms with van der Waals surface area (Å²) in [6.45, 7) is 5.79. The summed E-state index contributed by atoms with van der Waals surface area (Å²) in [7, 11) is 4.55. The minimum Gasteiger partial charge on any atom is -0.493 e. The molecule has 0 aliphatic carbocycles. The minimum atomic E-state index is -0.150. The highest BCUT2D eigenvalue weighted by atomic mass is 16.5. The first kappa shape index (κ1) is 19.6. The first-order chi connectivity index (χ1) is 11.3. The van der Waals surface area contributed by atoms with Crippen molar-refractivity contribution in [2.24, 2.45) is 5.92 Å². The molecule has 0 bridgehead atoms. The van der Waals surface area contributed by atoms with Gasteiger partial charge in [-0.25, -0.2) is 0 Å². The van der Waals surface area contributed by atoms with Gasteiger partial charge in [0.05, 0.1) is 27.0 Å². The van der Waals surface area contributed by atoms with Crippen LogP contribution in [0.1, 0.15) is 20.8 Å². The van der Waals surface area contributed by atoms with Crippen molar-refractivity contribution in [1.82, 2.24) is 5.32 Å². The summed E-state index contributed by atoms with van der Waals surface area (Å²) in [6.07, 6.45) is 0. The van der Waals surface area contributed by atoms with E-state index in [1.54, 1.807) is 17.0 Å². The molecule has 24 heavy (non-hydrogen) atoms. The molecule has 0 fully saturated rings. The molecule has 0 spiro atoms. The summed E-state index contributed by atoms with van der Waals surface area (Å²) in [5, 5.41) is 2.80. The second kappa shape index (κ2) is 9.00. The van der Waals surface area contributed by atoms with Crippen LogP contribution < -0.4 is 24.4 Å². The highest BCUT2D eigenvalue weighted by molar-refractivity contribution is 5.92. The van der Waals surface area contributed by atoms with E-state index in [1.165, 1.54) is 28.3 Å². The quantitative estimate of drug-likeness (QED) is 0.782. The van der Waals surface area contributed by atoms with Gasteiger partial charge in [0.1, 0.15) is 0 Å². The molecule has 0 atom stereocenters. The van der Waals surface area contributed by atoms with Crippen molar-refractivity contribution in [3.8, 4) is 17.2 Å². The van der Waals surface area contributed by atoms with Gasteiger partial charge < -0.3 is 24.4 Å². The highest BCUT2D eigenvalue weighted by Gasteiger charge is 2.19. The van der Waals surface area contributed by atoms with Crippen LogP contribution in [0, 0.1) is 5.92 Å². The van der Waals surface area contributed by atoms with Gasteiger partial charge in [-0.05, 0) is 0 Å². The van der Waals surface area contributed by atoms with E-state index in [4.69, 9.17) is 14.2 Å². The molecule has 0 saturated heterocycles. The zero-order valence-electron chi connectivity index (χ0n) is 15.1. The summed E-state index contributed by atoms with van der Waals surface area (Å²) in [5.74, 6) is 1.08. The van der Waals surface area contributed by atoms with E-state index in [0.717, 1.165) is 0 Å². The van der Waals surface area contributed by atoms with Crippen molar-refractivity contribution in [3.05, 3.63) is 12.1 Å². The molecule has 0 aliphatic heterocycles. The Morgan fingerprint density at radius 3 is 2.00 bits per heavy atom. The van der Waals surface area contributed by atoms with E-state index >= 15 is 0 Å². The first-order valence-corrected chi connectivity index (χ1v) is 7.71. The Labute approximate surface area is 142 Å². The molecule has 1 aromatic rings. The molecule has 1 aromatic carbocycles. The fraction of sp³-hybridized carbons (Fsp3) is 0.529. The van der Waals surface area contributed by atoms with Gasteiger partial charge in [0, 0.05) is 38.1 Å². The number of ether oxygens (including phenoxy) is 3. The molecule has 134 valence electrons.